The Morgan fingerprint density at radius 2 is 1.49 bits per heavy atom. The van der Waals surface area contributed by atoms with Crippen LogP contribution < -0.4 is 20.4 Å². The summed E-state index contributed by atoms with van der Waals surface area (Å²) in [7, 11) is 3.28. The summed E-state index contributed by atoms with van der Waals surface area (Å²) in [4.78, 5) is 41.3. The number of urea groups is 1. The van der Waals surface area contributed by atoms with Crippen molar-refractivity contribution in [2.75, 3.05) is 42.4 Å². The van der Waals surface area contributed by atoms with Gasteiger partial charge in [-0.05, 0) is 48.9 Å². The van der Waals surface area contributed by atoms with Crippen LogP contribution in [0.15, 0.2) is 84.9 Å². The summed E-state index contributed by atoms with van der Waals surface area (Å²) in [6.45, 7) is 1.46. The Hall–Kier alpha value is -4.17. The SMILES string of the molecule is COC(C)c1cccc(NC(=O)NCC(=O)N(CC(=O)N(C)c2ccccc2)c2ccccc2)c1. The van der Waals surface area contributed by atoms with Crippen LogP contribution in [-0.2, 0) is 14.3 Å². The van der Waals surface area contributed by atoms with E-state index in [2.05, 4.69) is 10.6 Å². The van der Waals surface area contributed by atoms with Gasteiger partial charge in [-0.3, -0.25) is 9.59 Å². The molecule has 0 saturated carbocycles. The summed E-state index contributed by atoms with van der Waals surface area (Å²) in [5.41, 5.74) is 2.78. The Balaban J connectivity index is 1.65. The maximum Gasteiger partial charge on any atom is 0.319 e. The molecule has 0 fully saturated rings. The number of carbonyl (C=O) groups excluding carboxylic acids is 3. The van der Waals surface area contributed by atoms with Gasteiger partial charge in [0.2, 0.25) is 11.8 Å². The van der Waals surface area contributed by atoms with E-state index in [0.717, 1.165) is 11.3 Å². The topological polar surface area (TPSA) is 91.0 Å². The maximum atomic E-state index is 13.1. The number of likely N-dealkylation sites (N-methyl/N-ethyl adjacent to an activating group) is 1. The number of hydrogen-bond donors (Lipinski definition) is 2. The number of amides is 4. The molecule has 0 spiro atoms. The minimum Gasteiger partial charge on any atom is -0.377 e. The second-order valence-electron chi connectivity index (χ2n) is 7.91. The van der Waals surface area contributed by atoms with E-state index in [4.69, 9.17) is 4.74 Å². The molecule has 3 aromatic rings. The number of rotatable bonds is 9. The fraction of sp³-hybridized carbons (Fsp3) is 0.222. The third-order valence-corrected chi connectivity index (χ3v) is 5.55. The standard InChI is InChI=1S/C27H30N4O4/c1-20(35-3)21-11-10-12-22(17-21)29-27(34)28-18-25(32)31(24-15-8-5-9-16-24)19-26(33)30(2)23-13-6-4-7-14-23/h4-17,20H,18-19H2,1-3H3,(H2,28,29,34). The predicted molar refractivity (Wildman–Crippen MR) is 138 cm³/mol. The summed E-state index contributed by atoms with van der Waals surface area (Å²) < 4.78 is 5.31. The minimum atomic E-state index is -0.527. The summed E-state index contributed by atoms with van der Waals surface area (Å²) in [6, 6.07) is 24.8. The smallest absolute Gasteiger partial charge is 0.319 e. The zero-order chi connectivity index (χ0) is 25.2. The molecule has 4 amide bonds. The summed E-state index contributed by atoms with van der Waals surface area (Å²) >= 11 is 0. The monoisotopic (exact) mass is 474 g/mol. The zero-order valence-corrected chi connectivity index (χ0v) is 20.1. The van der Waals surface area contributed by atoms with Crippen LogP contribution in [0, 0.1) is 0 Å². The van der Waals surface area contributed by atoms with Crippen molar-refractivity contribution in [3.8, 4) is 0 Å². The molecule has 0 aromatic heterocycles. The number of hydrogen-bond acceptors (Lipinski definition) is 4. The molecule has 1 atom stereocenters. The molecule has 8 heteroatoms. The van der Waals surface area contributed by atoms with Gasteiger partial charge in [0.25, 0.3) is 0 Å². The molecule has 3 rings (SSSR count). The molecular formula is C27H30N4O4. The number of carbonyl (C=O) groups is 3. The van der Waals surface area contributed by atoms with Crippen LogP contribution in [0.3, 0.4) is 0 Å². The lowest BCUT2D eigenvalue weighted by Crippen LogP contribution is -2.46. The largest absolute Gasteiger partial charge is 0.377 e. The molecule has 1 unspecified atom stereocenters. The Morgan fingerprint density at radius 1 is 0.857 bits per heavy atom. The summed E-state index contributed by atoms with van der Waals surface area (Å²) in [5, 5.41) is 5.30. The molecule has 0 aliphatic rings. The second-order valence-corrected chi connectivity index (χ2v) is 7.91. The van der Waals surface area contributed by atoms with E-state index in [1.165, 1.54) is 9.80 Å². The van der Waals surface area contributed by atoms with Gasteiger partial charge in [-0.25, -0.2) is 4.79 Å². The zero-order valence-electron chi connectivity index (χ0n) is 20.1. The molecule has 0 saturated heterocycles. The van der Waals surface area contributed by atoms with Crippen molar-refractivity contribution < 1.29 is 19.1 Å². The third-order valence-electron chi connectivity index (χ3n) is 5.55. The fourth-order valence-corrected chi connectivity index (χ4v) is 3.40. The van der Waals surface area contributed by atoms with Crippen molar-refractivity contribution >= 4 is 34.9 Å². The van der Waals surface area contributed by atoms with E-state index >= 15 is 0 Å². The van der Waals surface area contributed by atoms with Crippen LogP contribution in [0.1, 0.15) is 18.6 Å². The molecule has 8 nitrogen and oxygen atoms in total. The first-order chi connectivity index (χ1) is 16.9. The van der Waals surface area contributed by atoms with E-state index in [-0.39, 0.29) is 25.1 Å². The minimum absolute atomic E-state index is 0.118. The first-order valence-corrected chi connectivity index (χ1v) is 11.2. The van der Waals surface area contributed by atoms with Crippen molar-refractivity contribution in [3.63, 3.8) is 0 Å². The highest BCUT2D eigenvalue weighted by atomic mass is 16.5. The molecule has 2 N–H and O–H groups in total. The highest BCUT2D eigenvalue weighted by molar-refractivity contribution is 6.05. The van der Waals surface area contributed by atoms with Crippen LogP contribution in [0.5, 0.6) is 0 Å². The van der Waals surface area contributed by atoms with Crippen molar-refractivity contribution in [2.24, 2.45) is 0 Å². The first-order valence-electron chi connectivity index (χ1n) is 11.2. The number of benzene rings is 3. The number of para-hydroxylation sites is 2. The van der Waals surface area contributed by atoms with Crippen molar-refractivity contribution in [2.45, 2.75) is 13.0 Å². The molecule has 0 heterocycles. The van der Waals surface area contributed by atoms with Gasteiger partial charge in [0, 0.05) is 31.2 Å². The van der Waals surface area contributed by atoms with Gasteiger partial charge in [-0.15, -0.1) is 0 Å². The highest BCUT2D eigenvalue weighted by Gasteiger charge is 2.22. The number of ether oxygens (including phenoxy) is 1. The average Bonchev–Trinajstić information content (AvgIpc) is 2.90. The van der Waals surface area contributed by atoms with E-state index in [0.29, 0.717) is 11.4 Å². The molecule has 182 valence electrons. The van der Waals surface area contributed by atoms with E-state index in [1.807, 2.05) is 61.5 Å². The van der Waals surface area contributed by atoms with Crippen molar-refractivity contribution in [1.29, 1.82) is 0 Å². The van der Waals surface area contributed by atoms with Crippen LogP contribution in [0.2, 0.25) is 0 Å². The quantitative estimate of drug-likeness (QED) is 0.486. The summed E-state index contributed by atoms with van der Waals surface area (Å²) in [5.74, 6) is -0.676. The Bertz CT molecular complexity index is 1140. The molecule has 0 radical (unpaired) electrons. The molecule has 3 aromatic carbocycles. The van der Waals surface area contributed by atoms with Gasteiger partial charge in [-0.2, -0.15) is 0 Å². The molecule has 0 bridgehead atoms. The third kappa shape index (κ3) is 7.15. The summed E-state index contributed by atoms with van der Waals surface area (Å²) in [6.07, 6.45) is -0.118. The van der Waals surface area contributed by atoms with Gasteiger partial charge < -0.3 is 25.2 Å². The van der Waals surface area contributed by atoms with Crippen LogP contribution in [0.4, 0.5) is 21.9 Å². The average molecular weight is 475 g/mol. The number of nitrogens with zero attached hydrogens (tertiary/aromatic N) is 2. The number of anilines is 3. The van der Waals surface area contributed by atoms with Gasteiger partial charge in [0.05, 0.1) is 12.6 Å². The Morgan fingerprint density at radius 3 is 2.11 bits per heavy atom. The van der Waals surface area contributed by atoms with E-state index in [1.54, 1.807) is 44.5 Å². The van der Waals surface area contributed by atoms with Gasteiger partial charge in [-0.1, -0.05) is 48.5 Å². The lowest BCUT2D eigenvalue weighted by molar-refractivity contribution is -0.121. The van der Waals surface area contributed by atoms with Crippen LogP contribution in [0.25, 0.3) is 0 Å². The molecule has 35 heavy (non-hydrogen) atoms. The fourth-order valence-electron chi connectivity index (χ4n) is 3.40. The number of methoxy groups -OCH3 is 1. The molecule has 0 aliphatic carbocycles. The second kappa shape index (κ2) is 12.3. The van der Waals surface area contributed by atoms with Crippen molar-refractivity contribution in [1.82, 2.24) is 5.32 Å². The van der Waals surface area contributed by atoms with Gasteiger partial charge >= 0.3 is 6.03 Å². The molecular weight excluding hydrogens is 444 g/mol. The van der Waals surface area contributed by atoms with Gasteiger partial charge in [0.15, 0.2) is 0 Å². The Labute approximate surface area is 205 Å². The van der Waals surface area contributed by atoms with E-state index < -0.39 is 11.9 Å². The highest BCUT2D eigenvalue weighted by Crippen LogP contribution is 2.20. The first kappa shape index (κ1) is 25.5. The molecule has 0 aliphatic heterocycles. The lowest BCUT2D eigenvalue weighted by Gasteiger charge is -2.25. The van der Waals surface area contributed by atoms with E-state index in [9.17, 15) is 14.4 Å². The predicted octanol–water partition coefficient (Wildman–Crippen LogP) is 4.21. The van der Waals surface area contributed by atoms with Crippen LogP contribution >= 0.6 is 0 Å². The number of nitrogens with one attached hydrogen (secondary N) is 2. The van der Waals surface area contributed by atoms with Crippen molar-refractivity contribution in [3.05, 3.63) is 90.5 Å². The van der Waals surface area contributed by atoms with Crippen LogP contribution in [-0.4, -0.2) is 45.1 Å². The normalized spacial score (nSPS) is 11.3. The maximum absolute atomic E-state index is 13.1. The Kier molecular flexibility index (Phi) is 8.97. The lowest BCUT2D eigenvalue weighted by atomic mass is 10.1. The van der Waals surface area contributed by atoms with Gasteiger partial charge in [0.1, 0.15) is 6.54 Å².